The van der Waals surface area contributed by atoms with Gasteiger partial charge in [0.2, 0.25) is 10.0 Å². The van der Waals surface area contributed by atoms with Gasteiger partial charge in [0.15, 0.2) is 0 Å². The molecule has 1 saturated carbocycles. The standard InChI is InChI=1S/C30H34N4O5S/c35-30(36)23-7-9-25(10-8-23)39-18-21-2-1-13-34(17-21)40(37,38)19-20-3-5-22(6-4-20)27-16-31-14-24-15-33-29-26(28(24)27)11-12-32-29/h7-12,14-16,20-22H,1-6,13,17-19H2,(H,32,33)(H,35,36). The Morgan fingerprint density at radius 2 is 1.82 bits per heavy atom. The van der Waals surface area contributed by atoms with Crippen LogP contribution in [0.2, 0.25) is 0 Å². The normalized spacial score (nSPS) is 22.4. The number of H-pyrrole nitrogens is 1. The molecule has 2 N–H and O–H groups in total. The fraction of sp³-hybridized carbons (Fsp3) is 0.433. The first kappa shape index (κ1) is 26.7. The predicted octanol–water partition coefficient (Wildman–Crippen LogP) is 5.20. The van der Waals surface area contributed by atoms with Crippen molar-refractivity contribution in [2.75, 3.05) is 25.4 Å². The first-order chi connectivity index (χ1) is 19.4. The molecule has 1 saturated heterocycles. The molecular formula is C30H34N4O5S. The number of carboxylic acid groups (broad SMARTS) is 1. The number of sulfonamides is 1. The Kier molecular flexibility index (Phi) is 7.46. The summed E-state index contributed by atoms with van der Waals surface area (Å²) in [6, 6.07) is 8.38. The van der Waals surface area contributed by atoms with Crippen molar-refractivity contribution in [1.29, 1.82) is 0 Å². The molecule has 0 radical (unpaired) electrons. The molecular weight excluding hydrogens is 528 g/mol. The number of carboxylic acids is 1. The molecule has 1 atom stereocenters. The molecule has 1 aliphatic heterocycles. The summed E-state index contributed by atoms with van der Waals surface area (Å²) < 4.78 is 34.4. The number of piperidine rings is 1. The average molecular weight is 563 g/mol. The van der Waals surface area contributed by atoms with E-state index >= 15 is 0 Å². The third-order valence-corrected chi connectivity index (χ3v) is 10.5. The number of aromatic nitrogens is 3. The third-order valence-electron chi connectivity index (χ3n) is 8.53. The van der Waals surface area contributed by atoms with Crippen molar-refractivity contribution in [3.8, 4) is 5.75 Å². The minimum Gasteiger partial charge on any atom is -0.493 e. The SMILES string of the molecule is O=C(O)c1ccc(OCC2CCCN(S(=O)(=O)CC3CCC(c4cncc5cnc6[nH]ccc6c45)CC3)C2)cc1. The molecule has 6 rings (SSSR count). The largest absolute Gasteiger partial charge is 0.493 e. The van der Waals surface area contributed by atoms with Gasteiger partial charge in [0.25, 0.3) is 0 Å². The molecule has 10 heteroatoms. The van der Waals surface area contributed by atoms with Crippen LogP contribution in [0.1, 0.15) is 60.4 Å². The van der Waals surface area contributed by atoms with Gasteiger partial charge in [-0.3, -0.25) is 4.98 Å². The van der Waals surface area contributed by atoms with Gasteiger partial charge < -0.3 is 14.8 Å². The number of nitrogens with one attached hydrogen (secondary N) is 1. The lowest BCUT2D eigenvalue weighted by Crippen LogP contribution is -2.43. The number of pyridine rings is 2. The van der Waals surface area contributed by atoms with Crippen molar-refractivity contribution in [2.45, 2.75) is 44.4 Å². The third kappa shape index (κ3) is 5.55. The number of hydrogen-bond acceptors (Lipinski definition) is 6. The smallest absolute Gasteiger partial charge is 0.335 e. The van der Waals surface area contributed by atoms with Crippen LogP contribution in [-0.2, 0) is 10.0 Å². The van der Waals surface area contributed by atoms with E-state index in [1.807, 2.05) is 24.8 Å². The van der Waals surface area contributed by atoms with E-state index in [0.717, 1.165) is 54.9 Å². The summed E-state index contributed by atoms with van der Waals surface area (Å²) in [6.45, 7) is 1.43. The highest BCUT2D eigenvalue weighted by Gasteiger charge is 2.33. The molecule has 210 valence electrons. The van der Waals surface area contributed by atoms with Crippen LogP contribution in [-0.4, -0.2) is 64.2 Å². The van der Waals surface area contributed by atoms with E-state index < -0.39 is 16.0 Å². The number of hydrogen-bond donors (Lipinski definition) is 2. The van der Waals surface area contributed by atoms with Crippen LogP contribution in [0.25, 0.3) is 21.8 Å². The minimum absolute atomic E-state index is 0.108. The van der Waals surface area contributed by atoms with E-state index in [4.69, 9.17) is 9.84 Å². The molecule has 1 unspecified atom stereocenters. The minimum atomic E-state index is -3.36. The number of nitrogens with zero attached hydrogens (tertiary/aromatic N) is 3. The Morgan fingerprint density at radius 1 is 1.02 bits per heavy atom. The van der Waals surface area contributed by atoms with Gasteiger partial charge in [-0.25, -0.2) is 22.5 Å². The summed E-state index contributed by atoms with van der Waals surface area (Å²) in [5.74, 6) is 0.436. The summed E-state index contributed by atoms with van der Waals surface area (Å²) in [4.78, 5) is 23.2. The van der Waals surface area contributed by atoms with Crippen molar-refractivity contribution in [3.63, 3.8) is 0 Å². The summed E-state index contributed by atoms with van der Waals surface area (Å²) in [7, 11) is -3.36. The number of carbonyl (C=O) groups is 1. The molecule has 4 heterocycles. The zero-order valence-corrected chi connectivity index (χ0v) is 23.1. The highest BCUT2D eigenvalue weighted by molar-refractivity contribution is 7.89. The number of benzene rings is 1. The van der Waals surface area contributed by atoms with Crippen LogP contribution in [0.3, 0.4) is 0 Å². The maximum Gasteiger partial charge on any atom is 0.335 e. The molecule has 2 aliphatic rings. The fourth-order valence-corrected chi connectivity index (χ4v) is 8.37. The first-order valence-electron chi connectivity index (χ1n) is 14.0. The van der Waals surface area contributed by atoms with Crippen LogP contribution < -0.4 is 4.74 Å². The van der Waals surface area contributed by atoms with Crippen LogP contribution >= 0.6 is 0 Å². The lowest BCUT2D eigenvalue weighted by Gasteiger charge is -2.34. The molecule has 0 amide bonds. The second kappa shape index (κ2) is 11.2. The maximum absolute atomic E-state index is 13.4. The highest BCUT2D eigenvalue weighted by atomic mass is 32.2. The van der Waals surface area contributed by atoms with Gasteiger partial charge in [0, 0.05) is 60.0 Å². The van der Waals surface area contributed by atoms with Crippen molar-refractivity contribution >= 4 is 37.8 Å². The summed E-state index contributed by atoms with van der Waals surface area (Å²) in [5.41, 5.74) is 2.32. The molecule has 4 aromatic rings. The van der Waals surface area contributed by atoms with Gasteiger partial charge in [-0.2, -0.15) is 0 Å². The van der Waals surface area contributed by atoms with Crippen LogP contribution in [0.5, 0.6) is 5.75 Å². The topological polar surface area (TPSA) is 125 Å². The predicted molar refractivity (Wildman–Crippen MR) is 153 cm³/mol. The summed E-state index contributed by atoms with van der Waals surface area (Å²) >= 11 is 0. The maximum atomic E-state index is 13.4. The zero-order chi connectivity index (χ0) is 27.7. The van der Waals surface area contributed by atoms with Gasteiger partial charge in [0.05, 0.1) is 17.9 Å². The van der Waals surface area contributed by atoms with Gasteiger partial charge in [-0.1, -0.05) is 0 Å². The number of aromatic carboxylic acids is 1. The second-order valence-corrected chi connectivity index (χ2v) is 13.2. The number of fused-ring (bicyclic) bond motifs is 3. The average Bonchev–Trinajstić information content (AvgIpc) is 3.46. The monoisotopic (exact) mass is 562 g/mol. The number of rotatable bonds is 8. The first-order valence-corrected chi connectivity index (χ1v) is 15.6. The zero-order valence-electron chi connectivity index (χ0n) is 22.3. The molecule has 40 heavy (non-hydrogen) atoms. The molecule has 9 nitrogen and oxygen atoms in total. The number of aromatic amines is 1. The Morgan fingerprint density at radius 3 is 2.60 bits per heavy atom. The molecule has 2 fully saturated rings. The lowest BCUT2D eigenvalue weighted by molar-refractivity contribution is 0.0697. The van der Waals surface area contributed by atoms with Crippen LogP contribution in [0.15, 0.2) is 55.1 Å². The van der Waals surface area contributed by atoms with E-state index in [0.29, 0.717) is 31.4 Å². The van der Waals surface area contributed by atoms with Gasteiger partial charge in [-0.05, 0) is 86.3 Å². The van der Waals surface area contributed by atoms with Crippen LogP contribution in [0.4, 0.5) is 0 Å². The number of ether oxygens (including phenoxy) is 1. The molecule has 0 spiro atoms. The fourth-order valence-electron chi connectivity index (χ4n) is 6.38. The van der Waals surface area contributed by atoms with Crippen molar-refractivity contribution in [3.05, 3.63) is 66.2 Å². The van der Waals surface area contributed by atoms with Crippen molar-refractivity contribution in [2.24, 2.45) is 11.8 Å². The Labute approximate surface area is 233 Å². The molecule has 1 aliphatic carbocycles. The van der Waals surface area contributed by atoms with Crippen LogP contribution in [0, 0.1) is 11.8 Å². The van der Waals surface area contributed by atoms with Crippen molar-refractivity contribution < 1.29 is 23.1 Å². The summed E-state index contributed by atoms with van der Waals surface area (Å²) in [5, 5.41) is 12.4. The van der Waals surface area contributed by atoms with E-state index in [-0.39, 0.29) is 23.2 Å². The van der Waals surface area contributed by atoms with Crippen molar-refractivity contribution in [1.82, 2.24) is 19.3 Å². The second-order valence-electron chi connectivity index (χ2n) is 11.2. The summed E-state index contributed by atoms with van der Waals surface area (Å²) in [6.07, 6.45) is 13.0. The van der Waals surface area contributed by atoms with Gasteiger partial charge in [0.1, 0.15) is 11.4 Å². The Bertz CT molecular complexity index is 1610. The highest BCUT2D eigenvalue weighted by Crippen LogP contribution is 2.40. The Hall–Kier alpha value is -3.50. The lowest BCUT2D eigenvalue weighted by atomic mass is 9.78. The van der Waals surface area contributed by atoms with E-state index in [1.54, 1.807) is 16.4 Å². The van der Waals surface area contributed by atoms with E-state index in [2.05, 4.69) is 21.0 Å². The quantitative estimate of drug-likeness (QED) is 0.302. The Balaban J connectivity index is 1.05. The molecule has 1 aromatic carbocycles. The van der Waals surface area contributed by atoms with E-state index in [1.165, 1.54) is 23.1 Å². The van der Waals surface area contributed by atoms with Gasteiger partial charge >= 0.3 is 5.97 Å². The molecule has 0 bridgehead atoms. The van der Waals surface area contributed by atoms with E-state index in [9.17, 15) is 13.2 Å². The molecule has 3 aromatic heterocycles. The van der Waals surface area contributed by atoms with Gasteiger partial charge in [-0.15, -0.1) is 0 Å².